The number of nitrogens with one attached hydrogen (secondary N) is 2. The van der Waals surface area contributed by atoms with Crippen molar-refractivity contribution >= 4 is 39.9 Å². The van der Waals surface area contributed by atoms with Crippen LogP contribution in [0.3, 0.4) is 0 Å². The fraction of sp³-hybridized carbons (Fsp3) is 0.300. The first kappa shape index (κ1) is 20.4. The molecule has 1 aliphatic rings. The second-order valence-corrected chi connectivity index (χ2v) is 7.40. The van der Waals surface area contributed by atoms with Crippen LogP contribution in [0.2, 0.25) is 0 Å². The first-order chi connectivity index (χ1) is 14.1. The Morgan fingerprint density at radius 2 is 1.86 bits per heavy atom. The number of ether oxygens (including phenoxy) is 1. The highest BCUT2D eigenvalue weighted by atomic mass is 32.1. The molecule has 0 aliphatic carbocycles. The van der Waals surface area contributed by atoms with E-state index in [1.807, 2.05) is 36.4 Å². The average molecular weight is 412 g/mol. The number of piperidine rings is 1. The van der Waals surface area contributed by atoms with E-state index in [1.165, 1.54) is 11.3 Å². The molecule has 0 unspecified atom stereocenters. The summed E-state index contributed by atoms with van der Waals surface area (Å²) in [7, 11) is 0. The zero-order valence-corrected chi connectivity index (χ0v) is 16.4. The second-order valence-electron chi connectivity index (χ2n) is 6.49. The van der Waals surface area contributed by atoms with Crippen molar-refractivity contribution < 1.29 is 19.1 Å². The van der Waals surface area contributed by atoms with E-state index in [0.717, 1.165) is 5.69 Å². The lowest BCUT2D eigenvalue weighted by Gasteiger charge is -2.30. The maximum Gasteiger partial charge on any atom is 0.321 e. The minimum Gasteiger partial charge on any atom is -0.455 e. The summed E-state index contributed by atoms with van der Waals surface area (Å²) in [5.74, 6) is -1.29. The lowest BCUT2D eigenvalue weighted by Crippen LogP contribution is -2.43. The molecule has 150 valence electrons. The van der Waals surface area contributed by atoms with E-state index >= 15 is 0 Å². The van der Waals surface area contributed by atoms with Crippen LogP contribution in [0.25, 0.3) is 0 Å². The molecule has 0 radical (unpaired) electrons. The highest BCUT2D eigenvalue weighted by Gasteiger charge is 2.28. The lowest BCUT2D eigenvalue weighted by molar-refractivity contribution is -0.152. The molecule has 0 spiro atoms. The smallest absolute Gasteiger partial charge is 0.321 e. The number of thiophene rings is 1. The van der Waals surface area contributed by atoms with E-state index in [-0.39, 0.29) is 11.9 Å². The van der Waals surface area contributed by atoms with E-state index in [1.54, 1.807) is 16.3 Å². The number of likely N-dealkylation sites (tertiary alicyclic amines) is 1. The minimum absolute atomic E-state index is 0.202. The van der Waals surface area contributed by atoms with Gasteiger partial charge in [-0.3, -0.25) is 9.59 Å². The number of amides is 3. The predicted molar refractivity (Wildman–Crippen MR) is 108 cm³/mol. The maximum atomic E-state index is 12.3. The molecular formula is C20H20N4O4S. The van der Waals surface area contributed by atoms with E-state index in [0.29, 0.717) is 36.5 Å². The molecule has 0 bridgehead atoms. The summed E-state index contributed by atoms with van der Waals surface area (Å²) < 4.78 is 5.11. The van der Waals surface area contributed by atoms with E-state index in [2.05, 4.69) is 10.6 Å². The number of hydrogen-bond acceptors (Lipinski definition) is 6. The Morgan fingerprint density at radius 3 is 2.55 bits per heavy atom. The Labute approximate surface area is 172 Å². The maximum absolute atomic E-state index is 12.3. The molecule has 2 heterocycles. The van der Waals surface area contributed by atoms with Gasteiger partial charge in [0.25, 0.3) is 5.91 Å². The van der Waals surface area contributed by atoms with Gasteiger partial charge < -0.3 is 20.3 Å². The van der Waals surface area contributed by atoms with Gasteiger partial charge in [-0.05, 0) is 36.4 Å². The average Bonchev–Trinajstić information content (AvgIpc) is 3.20. The zero-order valence-electron chi connectivity index (χ0n) is 15.6. The van der Waals surface area contributed by atoms with Crippen molar-refractivity contribution in [1.82, 2.24) is 4.90 Å². The van der Waals surface area contributed by atoms with Crippen molar-refractivity contribution in [2.24, 2.45) is 5.92 Å². The molecule has 0 saturated carbocycles. The fourth-order valence-corrected chi connectivity index (χ4v) is 3.71. The molecular weight excluding hydrogens is 392 g/mol. The van der Waals surface area contributed by atoms with Gasteiger partial charge in [0.05, 0.1) is 11.5 Å². The summed E-state index contributed by atoms with van der Waals surface area (Å²) in [5.41, 5.74) is 1.09. The molecule has 3 amide bonds. The summed E-state index contributed by atoms with van der Waals surface area (Å²) >= 11 is 1.23. The van der Waals surface area contributed by atoms with E-state index < -0.39 is 18.5 Å². The van der Waals surface area contributed by atoms with Gasteiger partial charge in [-0.25, -0.2) is 4.79 Å². The molecule has 9 heteroatoms. The summed E-state index contributed by atoms with van der Waals surface area (Å²) in [6, 6.07) is 12.5. The Hall–Kier alpha value is -3.38. The van der Waals surface area contributed by atoms with Crippen molar-refractivity contribution in [1.29, 1.82) is 5.26 Å². The van der Waals surface area contributed by atoms with Crippen LogP contribution in [0.5, 0.6) is 0 Å². The minimum atomic E-state index is -0.489. The normalized spacial score (nSPS) is 14.0. The highest BCUT2D eigenvalue weighted by Crippen LogP contribution is 2.22. The molecule has 1 aromatic carbocycles. The Kier molecular flexibility index (Phi) is 6.81. The number of para-hydroxylation sites is 1. The Balaban J connectivity index is 1.40. The molecule has 3 rings (SSSR count). The molecule has 8 nitrogen and oxygen atoms in total. The number of anilines is 2. The topological polar surface area (TPSA) is 112 Å². The number of hydrogen-bond donors (Lipinski definition) is 2. The molecule has 0 atom stereocenters. The van der Waals surface area contributed by atoms with Gasteiger partial charge >= 0.3 is 12.0 Å². The molecule has 1 aliphatic heterocycles. The lowest BCUT2D eigenvalue weighted by atomic mass is 9.97. The van der Waals surface area contributed by atoms with Crippen LogP contribution in [-0.4, -0.2) is 42.5 Å². The number of esters is 1. The molecule has 2 aromatic rings. The van der Waals surface area contributed by atoms with Crippen LogP contribution in [0.1, 0.15) is 18.4 Å². The largest absolute Gasteiger partial charge is 0.455 e. The van der Waals surface area contributed by atoms with Crippen molar-refractivity contribution in [3.63, 3.8) is 0 Å². The summed E-state index contributed by atoms with van der Waals surface area (Å²) in [5, 5.41) is 16.5. The van der Waals surface area contributed by atoms with Crippen LogP contribution >= 0.6 is 11.3 Å². The third-order valence-corrected chi connectivity index (χ3v) is 5.35. The monoisotopic (exact) mass is 412 g/mol. The van der Waals surface area contributed by atoms with Crippen LogP contribution in [0, 0.1) is 17.2 Å². The van der Waals surface area contributed by atoms with Crippen molar-refractivity contribution in [2.75, 3.05) is 30.3 Å². The van der Waals surface area contributed by atoms with Crippen LogP contribution in [0.15, 0.2) is 41.8 Å². The van der Waals surface area contributed by atoms with Crippen molar-refractivity contribution in [2.45, 2.75) is 12.8 Å². The molecule has 1 saturated heterocycles. The van der Waals surface area contributed by atoms with Gasteiger partial charge in [0.2, 0.25) is 0 Å². The third-order valence-electron chi connectivity index (χ3n) is 4.52. The zero-order chi connectivity index (χ0) is 20.6. The van der Waals surface area contributed by atoms with Crippen molar-refractivity contribution in [3.8, 4) is 6.07 Å². The van der Waals surface area contributed by atoms with Gasteiger partial charge in [0, 0.05) is 18.8 Å². The molecule has 2 N–H and O–H groups in total. The molecule has 1 aromatic heterocycles. The highest BCUT2D eigenvalue weighted by molar-refractivity contribution is 7.14. The van der Waals surface area contributed by atoms with Gasteiger partial charge in [0.1, 0.15) is 11.1 Å². The van der Waals surface area contributed by atoms with Gasteiger partial charge in [0.15, 0.2) is 6.61 Å². The Morgan fingerprint density at radius 1 is 1.14 bits per heavy atom. The van der Waals surface area contributed by atoms with Crippen LogP contribution < -0.4 is 10.6 Å². The van der Waals surface area contributed by atoms with Crippen LogP contribution in [-0.2, 0) is 14.3 Å². The SMILES string of the molecule is N#Cc1ccsc1NC(=O)COC(=O)C1CCN(C(=O)Nc2ccccc2)CC1. The van der Waals surface area contributed by atoms with E-state index in [4.69, 9.17) is 10.00 Å². The van der Waals surface area contributed by atoms with Gasteiger partial charge in [-0.2, -0.15) is 5.26 Å². The standard InChI is InChI=1S/C20H20N4O4S/c21-12-15-8-11-29-18(15)23-17(25)13-28-19(26)14-6-9-24(10-7-14)20(27)22-16-4-2-1-3-5-16/h1-5,8,11,14H,6-7,9-10,13H2,(H,22,27)(H,23,25). The quantitative estimate of drug-likeness (QED) is 0.733. The first-order valence-corrected chi connectivity index (χ1v) is 10.00. The third kappa shape index (κ3) is 5.56. The number of nitrogens with zero attached hydrogens (tertiary/aromatic N) is 2. The Bertz CT molecular complexity index is 914. The predicted octanol–water partition coefficient (Wildman–Crippen LogP) is 3.05. The first-order valence-electron chi connectivity index (χ1n) is 9.12. The van der Waals surface area contributed by atoms with Crippen molar-refractivity contribution in [3.05, 3.63) is 47.3 Å². The summed E-state index contributed by atoms with van der Waals surface area (Å²) in [6.07, 6.45) is 0.957. The number of nitriles is 1. The van der Waals surface area contributed by atoms with Gasteiger partial charge in [-0.15, -0.1) is 11.3 Å². The molecule has 29 heavy (non-hydrogen) atoms. The van der Waals surface area contributed by atoms with Gasteiger partial charge in [-0.1, -0.05) is 18.2 Å². The van der Waals surface area contributed by atoms with E-state index in [9.17, 15) is 14.4 Å². The summed E-state index contributed by atoms with van der Waals surface area (Å²) in [6.45, 7) is 0.465. The number of benzene rings is 1. The second kappa shape index (κ2) is 9.71. The summed E-state index contributed by atoms with van der Waals surface area (Å²) in [4.78, 5) is 38.1. The number of rotatable bonds is 5. The number of carbonyl (C=O) groups is 3. The number of urea groups is 1. The number of carbonyl (C=O) groups excluding carboxylic acids is 3. The fourth-order valence-electron chi connectivity index (χ4n) is 2.95. The van der Waals surface area contributed by atoms with Crippen LogP contribution in [0.4, 0.5) is 15.5 Å². The molecule has 1 fully saturated rings.